The van der Waals surface area contributed by atoms with Gasteiger partial charge in [0.1, 0.15) is 6.01 Å². The Morgan fingerprint density at radius 3 is 2.73 bits per heavy atom. The maximum Gasteiger partial charge on any atom is 0.288 e. The molecule has 0 unspecified atom stereocenters. The number of aliphatic imine (C=N–C) groups is 3. The van der Waals surface area contributed by atoms with Gasteiger partial charge in [0, 0.05) is 13.1 Å². The van der Waals surface area contributed by atoms with Crippen LogP contribution in [0.3, 0.4) is 0 Å². The van der Waals surface area contributed by atoms with Gasteiger partial charge in [-0.2, -0.15) is 4.99 Å². The molecule has 1 aliphatic rings. The molecule has 0 fully saturated rings. The summed E-state index contributed by atoms with van der Waals surface area (Å²) in [5, 5.41) is 3.30. The number of hydrogen-bond donors (Lipinski definition) is 3. The molecule has 114 valence electrons. The second-order valence-corrected chi connectivity index (χ2v) is 4.72. The van der Waals surface area contributed by atoms with Gasteiger partial charge in [-0.3, -0.25) is 9.79 Å². The third-order valence-electron chi connectivity index (χ3n) is 3.03. The van der Waals surface area contributed by atoms with Crippen LogP contribution in [0.25, 0.3) is 5.57 Å². The highest BCUT2D eigenvalue weighted by Gasteiger charge is 2.12. The van der Waals surface area contributed by atoms with Crippen LogP contribution in [0.4, 0.5) is 0 Å². The molecule has 0 bridgehead atoms. The van der Waals surface area contributed by atoms with Gasteiger partial charge in [-0.05, 0) is 24.1 Å². The maximum atomic E-state index is 11.6. The number of nitrogens with one attached hydrogen (secondary N) is 1. The van der Waals surface area contributed by atoms with Crippen LogP contribution in [0.2, 0.25) is 0 Å². The van der Waals surface area contributed by atoms with Crippen molar-refractivity contribution in [2.75, 3.05) is 13.1 Å². The molecule has 7 heteroatoms. The molecule has 1 aromatic carbocycles. The summed E-state index contributed by atoms with van der Waals surface area (Å²) in [7, 11) is 0. The maximum absolute atomic E-state index is 11.6. The molecule has 0 spiro atoms. The van der Waals surface area contributed by atoms with Crippen LogP contribution < -0.4 is 16.8 Å². The quantitative estimate of drug-likeness (QED) is 0.386. The number of carbonyl (C=O) groups is 1. The minimum absolute atomic E-state index is 0.121. The average molecular weight is 298 g/mol. The summed E-state index contributed by atoms with van der Waals surface area (Å²) in [6, 6.07) is 9.99. The lowest BCUT2D eigenvalue weighted by atomic mass is 10.0. The summed E-state index contributed by atoms with van der Waals surface area (Å²) < 4.78 is 0. The van der Waals surface area contributed by atoms with Gasteiger partial charge in [-0.15, -0.1) is 4.99 Å². The molecule has 0 saturated carbocycles. The molecule has 5 N–H and O–H groups in total. The largest absolute Gasteiger partial charge is 0.370 e. The van der Waals surface area contributed by atoms with Crippen molar-refractivity contribution in [1.82, 2.24) is 5.32 Å². The second kappa shape index (κ2) is 7.87. The van der Waals surface area contributed by atoms with Crippen LogP contribution in [0, 0.1) is 0 Å². The van der Waals surface area contributed by atoms with Crippen molar-refractivity contribution in [3.63, 3.8) is 0 Å². The molecule has 0 aliphatic carbocycles. The van der Waals surface area contributed by atoms with Crippen LogP contribution in [0.5, 0.6) is 0 Å². The number of rotatable bonds is 7. The first-order valence-electron chi connectivity index (χ1n) is 6.92. The van der Waals surface area contributed by atoms with E-state index in [9.17, 15) is 4.79 Å². The summed E-state index contributed by atoms with van der Waals surface area (Å²) in [5.41, 5.74) is 12.9. The molecular formula is C15H18N6O. The number of nitrogens with two attached hydrogens (primary N) is 2. The molecule has 2 rings (SSSR count). The molecule has 0 radical (unpaired) electrons. The monoisotopic (exact) mass is 298 g/mol. The summed E-state index contributed by atoms with van der Waals surface area (Å²) in [6.45, 7) is 2.18. The van der Waals surface area contributed by atoms with Gasteiger partial charge in [-0.25, -0.2) is 0 Å². The van der Waals surface area contributed by atoms with E-state index in [1.807, 2.05) is 24.3 Å². The van der Waals surface area contributed by atoms with Crippen LogP contribution in [-0.2, 0) is 11.3 Å². The van der Waals surface area contributed by atoms with E-state index in [1.54, 1.807) is 0 Å². The first kappa shape index (κ1) is 15.6. The van der Waals surface area contributed by atoms with E-state index < -0.39 is 0 Å². The zero-order chi connectivity index (χ0) is 15.8. The fraction of sp³-hybridized carbons (Fsp3) is 0.267. The topological polar surface area (TPSA) is 118 Å². The molecule has 0 aromatic heterocycles. The Morgan fingerprint density at radius 1 is 1.27 bits per heavy atom. The Bertz CT molecular complexity index is 649. The van der Waals surface area contributed by atoms with Crippen molar-refractivity contribution in [3.05, 3.63) is 41.6 Å². The Balaban J connectivity index is 1.80. The van der Waals surface area contributed by atoms with Gasteiger partial charge in [0.25, 0.3) is 5.91 Å². The minimum Gasteiger partial charge on any atom is -0.370 e. The highest BCUT2D eigenvalue weighted by Crippen LogP contribution is 2.18. The average Bonchev–Trinajstić information content (AvgIpc) is 2.52. The highest BCUT2D eigenvalue weighted by atomic mass is 16.1. The zero-order valence-corrected chi connectivity index (χ0v) is 12.1. The fourth-order valence-corrected chi connectivity index (χ4v) is 1.93. The van der Waals surface area contributed by atoms with Gasteiger partial charge in [0.2, 0.25) is 0 Å². The van der Waals surface area contributed by atoms with Crippen molar-refractivity contribution in [2.24, 2.45) is 26.4 Å². The molecule has 0 saturated heterocycles. The third-order valence-corrected chi connectivity index (χ3v) is 3.03. The molecule has 7 nitrogen and oxygen atoms in total. The second-order valence-electron chi connectivity index (χ2n) is 4.72. The van der Waals surface area contributed by atoms with E-state index >= 15 is 0 Å². The summed E-state index contributed by atoms with van der Waals surface area (Å²) in [6.07, 6.45) is 2.35. The number of carbonyl (C=O) groups excluding carboxylic acids is 1. The van der Waals surface area contributed by atoms with Crippen LogP contribution in [0.15, 0.2) is 45.4 Å². The lowest BCUT2D eigenvalue weighted by Crippen LogP contribution is -2.23. The molecule has 22 heavy (non-hydrogen) atoms. The number of guanidine groups is 1. The number of amides is 1. The smallest absolute Gasteiger partial charge is 0.288 e. The Hall–Kier alpha value is -2.76. The number of nitrogens with zero attached hydrogens (tertiary/aromatic N) is 3. The first-order valence-corrected chi connectivity index (χ1v) is 6.92. The molecule has 1 heterocycles. The van der Waals surface area contributed by atoms with Gasteiger partial charge >= 0.3 is 0 Å². The van der Waals surface area contributed by atoms with E-state index in [0.717, 1.165) is 30.6 Å². The standard InChI is InChI=1S/C15H18N6O/c16-15(17)20-7-1-6-18-8-11-2-4-12(5-3-11)13-9-19-10-21-14(13)22/h2-5,9,18H,1,6-8H2,(H4,16,17,20). The van der Waals surface area contributed by atoms with Gasteiger partial charge in [0.05, 0.1) is 11.8 Å². The van der Waals surface area contributed by atoms with Crippen molar-refractivity contribution < 1.29 is 4.79 Å². The molecular weight excluding hydrogens is 280 g/mol. The lowest BCUT2D eigenvalue weighted by molar-refractivity contribution is -0.112. The van der Waals surface area contributed by atoms with E-state index in [0.29, 0.717) is 12.1 Å². The van der Waals surface area contributed by atoms with Crippen molar-refractivity contribution in [1.29, 1.82) is 0 Å². The summed E-state index contributed by atoms with van der Waals surface area (Å²) in [5.74, 6) is -0.198. The van der Waals surface area contributed by atoms with E-state index in [1.165, 1.54) is 6.20 Å². The van der Waals surface area contributed by atoms with Crippen molar-refractivity contribution in [2.45, 2.75) is 13.0 Å². The van der Waals surface area contributed by atoms with Gasteiger partial charge in [-0.1, -0.05) is 24.3 Å². The van der Waals surface area contributed by atoms with Crippen molar-refractivity contribution >= 4 is 23.4 Å². The molecule has 0 atom stereocenters. The lowest BCUT2D eigenvalue weighted by Gasteiger charge is -2.07. The van der Waals surface area contributed by atoms with Crippen molar-refractivity contribution in [3.8, 4) is 0 Å². The highest BCUT2D eigenvalue weighted by molar-refractivity contribution is 6.22. The van der Waals surface area contributed by atoms with E-state index in [4.69, 9.17) is 11.5 Å². The zero-order valence-electron chi connectivity index (χ0n) is 12.1. The first-order chi connectivity index (χ1) is 10.7. The third kappa shape index (κ3) is 4.66. The molecule has 1 aliphatic heterocycles. The minimum atomic E-state index is -0.319. The fourth-order valence-electron chi connectivity index (χ4n) is 1.93. The SMILES string of the molecule is NC(N)=NCCCNCc1ccc(C2=CN=C=NC2=O)cc1. The van der Waals surface area contributed by atoms with Crippen LogP contribution >= 0.6 is 0 Å². The molecule has 1 amide bonds. The Labute approximate surface area is 128 Å². The van der Waals surface area contributed by atoms with Crippen LogP contribution in [-0.4, -0.2) is 31.0 Å². The van der Waals surface area contributed by atoms with Gasteiger partial charge in [0.15, 0.2) is 5.96 Å². The predicted molar refractivity (Wildman–Crippen MR) is 86.3 cm³/mol. The number of hydrogen-bond acceptors (Lipinski definition) is 4. The summed E-state index contributed by atoms with van der Waals surface area (Å²) >= 11 is 0. The normalized spacial score (nSPS) is 13.1. The molecule has 1 aromatic rings. The van der Waals surface area contributed by atoms with Gasteiger partial charge < -0.3 is 16.8 Å². The Morgan fingerprint density at radius 2 is 2.05 bits per heavy atom. The van der Waals surface area contributed by atoms with E-state index in [2.05, 4.69) is 26.3 Å². The van der Waals surface area contributed by atoms with Crippen LogP contribution in [0.1, 0.15) is 17.5 Å². The number of benzene rings is 1. The van der Waals surface area contributed by atoms with E-state index in [-0.39, 0.29) is 11.9 Å². The summed E-state index contributed by atoms with van der Waals surface area (Å²) in [4.78, 5) is 22.8. The predicted octanol–water partition coefficient (Wildman–Crippen LogP) is 0.495. The Kier molecular flexibility index (Phi) is 5.59.